The molecule has 3 heteroatoms. The summed E-state index contributed by atoms with van der Waals surface area (Å²) in [6, 6.07) is 21.8. The van der Waals surface area contributed by atoms with E-state index >= 15 is 0 Å². The molecule has 0 amide bonds. The third-order valence-corrected chi connectivity index (χ3v) is 10.2. The molecule has 0 aromatic heterocycles. The van der Waals surface area contributed by atoms with Gasteiger partial charge in [0, 0.05) is 0 Å². The first-order valence-corrected chi connectivity index (χ1v) is 20.7. The van der Waals surface area contributed by atoms with Crippen LogP contribution in [-0.4, -0.2) is 0 Å². The molecule has 0 aliphatic heterocycles. The Morgan fingerprint density at radius 2 is 1.42 bits per heavy atom. The predicted octanol–water partition coefficient (Wildman–Crippen LogP) is 10.6. The third-order valence-electron chi connectivity index (χ3n) is 10.2. The van der Waals surface area contributed by atoms with Crippen molar-refractivity contribution in [2.45, 2.75) is 88.9 Å². The summed E-state index contributed by atoms with van der Waals surface area (Å²) in [4.78, 5) is 0. The van der Waals surface area contributed by atoms with Crippen molar-refractivity contribution >= 4 is 27.8 Å². The van der Waals surface area contributed by atoms with Crippen molar-refractivity contribution < 1.29 is 20.8 Å². The molecule has 0 spiro atoms. The minimum atomic E-state index is -0.826. The minimum Gasteiger partial charge on any atom is -0.164 e. The van der Waals surface area contributed by atoms with Crippen molar-refractivity contribution in [3.63, 3.8) is 0 Å². The van der Waals surface area contributed by atoms with E-state index in [0.717, 1.165) is 23.7 Å². The molecule has 0 saturated heterocycles. The number of hydrogen-bond donors (Lipinski definition) is 0. The van der Waals surface area contributed by atoms with Gasteiger partial charge in [0.1, 0.15) is 0 Å². The smallest absolute Gasteiger partial charge is 0.00391 e. The summed E-state index contributed by atoms with van der Waals surface area (Å²) in [7, 11) is 9.87. The fourth-order valence-corrected chi connectivity index (χ4v) is 9.04. The van der Waals surface area contributed by atoms with Gasteiger partial charge in [0.15, 0.2) is 0 Å². The van der Waals surface area contributed by atoms with Gasteiger partial charge in [-0.05, 0) is 85.2 Å². The summed E-state index contributed by atoms with van der Waals surface area (Å²) in [5, 5.41) is 2.89. The molecule has 5 aliphatic rings. The molecule has 0 unspecified atom stereocenters. The van der Waals surface area contributed by atoms with Crippen LogP contribution in [0.3, 0.4) is 0 Å². The SMILES string of the molecule is [Cl][Zr][Cl].c1cc(-c2ccc(C34CC5CC(CC(C5)C3)C4)cc2)c2cc(CC3CCCCCC3)[cH-]c2c1. The topological polar surface area (TPSA) is 0 Å². The Labute approximate surface area is 236 Å². The molecule has 4 bridgehead atoms. The molecule has 0 radical (unpaired) electrons. The Balaban J connectivity index is 0.000000765. The van der Waals surface area contributed by atoms with E-state index in [1.807, 2.05) is 0 Å². The van der Waals surface area contributed by atoms with Gasteiger partial charge in [0.25, 0.3) is 0 Å². The van der Waals surface area contributed by atoms with Crippen LogP contribution in [-0.2, 0) is 32.7 Å². The summed E-state index contributed by atoms with van der Waals surface area (Å²) in [6.45, 7) is 0. The van der Waals surface area contributed by atoms with Crippen molar-refractivity contribution in [3.05, 3.63) is 65.7 Å². The molecule has 3 aromatic carbocycles. The molecule has 5 fully saturated rings. The Morgan fingerprint density at radius 3 is 2.03 bits per heavy atom. The van der Waals surface area contributed by atoms with E-state index in [-0.39, 0.29) is 0 Å². The first-order chi connectivity index (χ1) is 17.7. The Morgan fingerprint density at radius 1 is 0.806 bits per heavy atom. The van der Waals surface area contributed by atoms with Crippen molar-refractivity contribution in [1.82, 2.24) is 0 Å². The second-order valence-electron chi connectivity index (χ2n) is 12.6. The maximum absolute atomic E-state index is 4.93. The normalized spacial score (nSPS) is 29.6. The minimum absolute atomic E-state index is 0.505. The van der Waals surface area contributed by atoms with Crippen molar-refractivity contribution in [3.8, 4) is 11.1 Å². The Bertz CT molecular complexity index is 1120. The fraction of sp³-hybridized carbons (Fsp3) is 0.545. The largest absolute Gasteiger partial charge is 0.164 e. The zero-order chi connectivity index (χ0) is 24.5. The van der Waals surface area contributed by atoms with Gasteiger partial charge >= 0.3 is 37.9 Å². The summed E-state index contributed by atoms with van der Waals surface area (Å²) < 4.78 is 0. The van der Waals surface area contributed by atoms with Crippen LogP contribution in [0.25, 0.3) is 21.9 Å². The first kappa shape index (κ1) is 25.8. The summed E-state index contributed by atoms with van der Waals surface area (Å²) in [5.74, 6) is 3.94. The maximum atomic E-state index is 4.93. The van der Waals surface area contributed by atoms with Crippen LogP contribution in [0.4, 0.5) is 0 Å². The van der Waals surface area contributed by atoms with E-state index in [2.05, 4.69) is 54.6 Å². The molecule has 5 aliphatic carbocycles. The van der Waals surface area contributed by atoms with Crippen molar-refractivity contribution in [2.75, 3.05) is 0 Å². The average Bonchev–Trinajstić information content (AvgIpc) is 3.10. The van der Waals surface area contributed by atoms with E-state index in [9.17, 15) is 0 Å². The summed E-state index contributed by atoms with van der Waals surface area (Å²) >= 11 is -0.826. The average molecular weight is 598 g/mol. The zero-order valence-corrected chi connectivity index (χ0v) is 25.4. The molecule has 190 valence electrons. The molecule has 3 aromatic rings. The first-order valence-electron chi connectivity index (χ1n) is 14.4. The molecule has 5 saturated carbocycles. The Hall–Kier alpha value is -0.487. The van der Waals surface area contributed by atoms with Crippen molar-refractivity contribution in [1.29, 1.82) is 0 Å². The van der Waals surface area contributed by atoms with Gasteiger partial charge in [-0.2, -0.15) is 6.07 Å². The van der Waals surface area contributed by atoms with Gasteiger partial charge in [-0.15, -0.1) is 34.5 Å². The molecule has 0 atom stereocenters. The molecular weight excluding hydrogens is 558 g/mol. The van der Waals surface area contributed by atoms with E-state index < -0.39 is 20.8 Å². The number of halogens is 2. The monoisotopic (exact) mass is 595 g/mol. The molecule has 0 N–H and O–H groups in total. The molecule has 36 heavy (non-hydrogen) atoms. The zero-order valence-electron chi connectivity index (χ0n) is 21.5. The van der Waals surface area contributed by atoms with Gasteiger partial charge in [-0.25, -0.2) is 0 Å². The number of benzene rings is 2. The quantitative estimate of drug-likeness (QED) is 0.207. The maximum Gasteiger partial charge on any atom is -0.00391 e. The van der Waals surface area contributed by atoms with E-state index in [0.29, 0.717) is 5.41 Å². The Kier molecular flexibility index (Phi) is 8.11. The van der Waals surface area contributed by atoms with Crippen LogP contribution in [0, 0.1) is 23.7 Å². The number of hydrogen-bond acceptors (Lipinski definition) is 0. The third kappa shape index (κ3) is 5.33. The number of fused-ring (bicyclic) bond motifs is 1. The van der Waals surface area contributed by atoms with Crippen LogP contribution < -0.4 is 0 Å². The molecule has 0 nitrogen and oxygen atoms in total. The molecular formula is C33H39Cl2Zr-. The summed E-state index contributed by atoms with van der Waals surface area (Å²) in [6.07, 6.45) is 18.9. The van der Waals surface area contributed by atoms with E-state index in [4.69, 9.17) is 17.0 Å². The van der Waals surface area contributed by atoms with E-state index in [1.165, 1.54) is 105 Å². The number of rotatable bonds is 4. The second kappa shape index (κ2) is 11.3. The van der Waals surface area contributed by atoms with Crippen LogP contribution >= 0.6 is 17.0 Å². The van der Waals surface area contributed by atoms with Crippen LogP contribution in [0.5, 0.6) is 0 Å². The standard InChI is InChI=1S/C33H39.2ClH.Zr/c1-2-4-7-23(6-3-1)14-24-18-29-8-5-9-31(32(29)19-24)28-10-12-30(13-11-28)33-20-25-15-26(21-33)17-27(16-25)22-33;;;/h5,8-13,18-19,23,25-27H,1-4,6-7,14-17,20-22H2;2*1H;/q-1;;;+2/p-2. The van der Waals surface area contributed by atoms with Crippen LogP contribution in [0.2, 0.25) is 0 Å². The second-order valence-corrected chi connectivity index (χ2v) is 16.3. The van der Waals surface area contributed by atoms with Crippen LogP contribution in [0.15, 0.2) is 54.6 Å². The van der Waals surface area contributed by atoms with Crippen LogP contribution in [0.1, 0.15) is 88.2 Å². The van der Waals surface area contributed by atoms with Crippen molar-refractivity contribution in [2.24, 2.45) is 23.7 Å². The fourth-order valence-electron chi connectivity index (χ4n) is 9.04. The van der Waals surface area contributed by atoms with Gasteiger partial charge in [-0.3, -0.25) is 0 Å². The van der Waals surface area contributed by atoms with Gasteiger partial charge in [-0.1, -0.05) is 74.4 Å². The summed E-state index contributed by atoms with van der Waals surface area (Å²) in [5.41, 5.74) is 6.55. The molecule has 0 heterocycles. The van der Waals surface area contributed by atoms with Gasteiger partial charge < -0.3 is 0 Å². The van der Waals surface area contributed by atoms with E-state index in [1.54, 1.807) is 11.1 Å². The predicted molar refractivity (Wildman–Crippen MR) is 151 cm³/mol. The van der Waals surface area contributed by atoms with Gasteiger partial charge in [0.2, 0.25) is 0 Å². The molecule has 8 rings (SSSR count). The van der Waals surface area contributed by atoms with Gasteiger partial charge in [0.05, 0.1) is 0 Å².